The topological polar surface area (TPSA) is 71.1 Å². The third-order valence-electron chi connectivity index (χ3n) is 3.87. The highest BCUT2D eigenvalue weighted by molar-refractivity contribution is 6.30. The minimum atomic E-state index is -0.444. The fraction of sp³-hybridized carbons (Fsp3) is 0.235. The maximum Gasteiger partial charge on any atom is 0.332 e. The Morgan fingerprint density at radius 1 is 1.28 bits per heavy atom. The van der Waals surface area contributed by atoms with Crippen molar-refractivity contribution < 1.29 is 4.74 Å². The van der Waals surface area contributed by atoms with Gasteiger partial charge in [0.15, 0.2) is 11.2 Å². The Kier molecular flexibility index (Phi) is 4.50. The number of rotatable bonds is 5. The number of fused-ring (bicyclic) bond motifs is 1. The summed E-state index contributed by atoms with van der Waals surface area (Å²) in [7, 11) is 3.00. The number of hydrogen-bond donors (Lipinski definition) is 0. The first-order valence-corrected chi connectivity index (χ1v) is 7.96. The first-order valence-electron chi connectivity index (χ1n) is 7.58. The molecule has 0 atom stereocenters. The molecule has 130 valence electrons. The molecule has 3 aromatic rings. The molecule has 1 aromatic carbocycles. The molecule has 0 spiro atoms. The summed E-state index contributed by atoms with van der Waals surface area (Å²) in [5.74, 6) is 0. The van der Waals surface area contributed by atoms with Gasteiger partial charge in [-0.2, -0.15) is 4.98 Å². The van der Waals surface area contributed by atoms with Gasteiger partial charge in [-0.1, -0.05) is 36.4 Å². The van der Waals surface area contributed by atoms with Crippen molar-refractivity contribution in [2.75, 3.05) is 6.61 Å². The van der Waals surface area contributed by atoms with Gasteiger partial charge in [0.1, 0.15) is 6.61 Å². The van der Waals surface area contributed by atoms with E-state index >= 15 is 0 Å². The number of aryl methyl sites for hydroxylation is 1. The second-order valence-electron chi connectivity index (χ2n) is 5.59. The van der Waals surface area contributed by atoms with Crippen LogP contribution in [0.2, 0.25) is 5.02 Å². The van der Waals surface area contributed by atoms with E-state index in [2.05, 4.69) is 11.6 Å². The maximum atomic E-state index is 12.7. The van der Waals surface area contributed by atoms with Gasteiger partial charge < -0.3 is 4.74 Å². The van der Waals surface area contributed by atoms with Crippen LogP contribution in [0.3, 0.4) is 0 Å². The molecule has 0 saturated heterocycles. The lowest BCUT2D eigenvalue weighted by atomic mass is 10.2. The molecular weight excluding hydrogens is 344 g/mol. The molecule has 2 aromatic heterocycles. The fourth-order valence-corrected chi connectivity index (χ4v) is 2.85. The van der Waals surface area contributed by atoms with Gasteiger partial charge in [0.25, 0.3) is 11.6 Å². The van der Waals surface area contributed by atoms with E-state index in [0.29, 0.717) is 17.1 Å². The van der Waals surface area contributed by atoms with Crippen LogP contribution in [0.25, 0.3) is 11.2 Å². The van der Waals surface area contributed by atoms with Gasteiger partial charge in [-0.25, -0.2) is 4.79 Å². The van der Waals surface area contributed by atoms with Crippen molar-refractivity contribution in [2.24, 2.45) is 14.1 Å². The average molecular weight is 361 g/mol. The quantitative estimate of drug-likeness (QED) is 0.649. The first-order chi connectivity index (χ1) is 11.9. The van der Waals surface area contributed by atoms with Crippen molar-refractivity contribution in [3.63, 3.8) is 0 Å². The van der Waals surface area contributed by atoms with E-state index in [-0.39, 0.29) is 18.3 Å². The largest absolute Gasteiger partial charge is 0.460 e. The number of nitrogens with zero attached hydrogens (tertiary/aromatic N) is 4. The van der Waals surface area contributed by atoms with Gasteiger partial charge >= 0.3 is 5.69 Å². The predicted octanol–water partition coefficient (Wildman–Crippen LogP) is 1.70. The molecule has 0 aliphatic heterocycles. The number of benzene rings is 1. The second-order valence-corrected chi connectivity index (χ2v) is 6.02. The minimum absolute atomic E-state index is 0.229. The van der Waals surface area contributed by atoms with Crippen LogP contribution in [0.5, 0.6) is 6.01 Å². The van der Waals surface area contributed by atoms with Crippen molar-refractivity contribution >= 4 is 22.8 Å². The SMILES string of the molecule is C=CCOc1nc2c(c(=O)n(C)c(=O)n2C)n1Cc1cccc(Cl)c1. The number of ether oxygens (including phenoxy) is 1. The first kappa shape index (κ1) is 17.0. The average Bonchev–Trinajstić information content (AvgIpc) is 2.95. The zero-order valence-corrected chi connectivity index (χ0v) is 14.7. The predicted molar refractivity (Wildman–Crippen MR) is 96.5 cm³/mol. The summed E-state index contributed by atoms with van der Waals surface area (Å²) in [5, 5.41) is 0.593. The molecule has 0 saturated carbocycles. The summed E-state index contributed by atoms with van der Waals surface area (Å²) in [6.07, 6.45) is 1.58. The lowest BCUT2D eigenvalue weighted by Crippen LogP contribution is -2.37. The van der Waals surface area contributed by atoms with Gasteiger partial charge in [-0.15, -0.1) is 0 Å². The van der Waals surface area contributed by atoms with Gasteiger partial charge in [0.05, 0.1) is 6.54 Å². The molecule has 0 N–H and O–H groups in total. The Morgan fingerprint density at radius 3 is 2.72 bits per heavy atom. The van der Waals surface area contributed by atoms with E-state index in [4.69, 9.17) is 16.3 Å². The number of imidazole rings is 1. The highest BCUT2D eigenvalue weighted by atomic mass is 35.5. The third kappa shape index (κ3) is 2.98. The van der Waals surface area contributed by atoms with E-state index in [9.17, 15) is 9.59 Å². The normalized spacial score (nSPS) is 11.0. The molecule has 8 heteroatoms. The van der Waals surface area contributed by atoms with E-state index < -0.39 is 11.2 Å². The molecule has 0 unspecified atom stereocenters. The van der Waals surface area contributed by atoms with Crippen LogP contribution in [-0.2, 0) is 20.6 Å². The minimum Gasteiger partial charge on any atom is -0.460 e. The highest BCUT2D eigenvalue weighted by Crippen LogP contribution is 2.21. The molecule has 0 fully saturated rings. The molecule has 2 heterocycles. The third-order valence-corrected chi connectivity index (χ3v) is 4.11. The van der Waals surface area contributed by atoms with Crippen LogP contribution >= 0.6 is 11.6 Å². The standard InChI is InChI=1S/C17H17ClN4O3/c1-4-8-25-16-19-14-13(15(23)21(3)17(24)20(14)2)22(16)10-11-6-5-7-12(18)9-11/h4-7,9H,1,8,10H2,2-3H3. The van der Waals surface area contributed by atoms with Crippen molar-refractivity contribution in [3.05, 3.63) is 68.3 Å². The fourth-order valence-electron chi connectivity index (χ4n) is 2.63. The van der Waals surface area contributed by atoms with Crippen LogP contribution in [0.4, 0.5) is 0 Å². The molecule has 0 radical (unpaired) electrons. The van der Waals surface area contributed by atoms with Crippen LogP contribution in [0.15, 0.2) is 46.5 Å². The summed E-state index contributed by atoms with van der Waals surface area (Å²) in [6.45, 7) is 4.18. The number of halogens is 1. The zero-order valence-electron chi connectivity index (χ0n) is 13.9. The lowest BCUT2D eigenvalue weighted by molar-refractivity contribution is 0.320. The summed E-state index contributed by atoms with van der Waals surface area (Å²) < 4.78 is 9.62. The molecule has 0 aliphatic carbocycles. The van der Waals surface area contributed by atoms with Crippen molar-refractivity contribution in [2.45, 2.75) is 6.54 Å². The summed E-state index contributed by atoms with van der Waals surface area (Å²) in [5.41, 5.74) is 0.574. The van der Waals surface area contributed by atoms with E-state index in [0.717, 1.165) is 10.1 Å². The van der Waals surface area contributed by atoms with Crippen molar-refractivity contribution in [1.29, 1.82) is 0 Å². The van der Waals surface area contributed by atoms with Crippen LogP contribution in [-0.4, -0.2) is 25.3 Å². The molecule has 7 nitrogen and oxygen atoms in total. The molecule has 25 heavy (non-hydrogen) atoms. The van der Waals surface area contributed by atoms with E-state index in [1.807, 2.05) is 12.1 Å². The Hall–Kier alpha value is -2.80. The Bertz CT molecular complexity index is 1080. The van der Waals surface area contributed by atoms with Gasteiger partial charge in [-0.05, 0) is 17.7 Å². The van der Waals surface area contributed by atoms with Crippen LogP contribution in [0, 0.1) is 0 Å². The molecular formula is C17H17ClN4O3. The van der Waals surface area contributed by atoms with E-state index in [1.165, 1.54) is 11.6 Å². The Labute approximate surface area is 148 Å². The maximum absolute atomic E-state index is 12.7. The zero-order chi connectivity index (χ0) is 18.1. The van der Waals surface area contributed by atoms with Gasteiger partial charge in [-0.3, -0.25) is 18.5 Å². The lowest BCUT2D eigenvalue weighted by Gasteiger charge is -2.10. The summed E-state index contributed by atoms with van der Waals surface area (Å²) in [4.78, 5) is 29.1. The van der Waals surface area contributed by atoms with Crippen molar-refractivity contribution in [1.82, 2.24) is 18.7 Å². The van der Waals surface area contributed by atoms with Crippen molar-refractivity contribution in [3.8, 4) is 6.01 Å². The summed E-state index contributed by atoms with van der Waals surface area (Å²) in [6, 6.07) is 7.54. The molecule has 0 bridgehead atoms. The van der Waals surface area contributed by atoms with Crippen LogP contribution in [0.1, 0.15) is 5.56 Å². The molecule has 0 amide bonds. The number of aromatic nitrogens is 4. The smallest absolute Gasteiger partial charge is 0.332 e. The second kappa shape index (κ2) is 6.60. The molecule has 3 rings (SSSR count). The van der Waals surface area contributed by atoms with Gasteiger partial charge in [0, 0.05) is 19.1 Å². The van der Waals surface area contributed by atoms with Crippen LogP contribution < -0.4 is 16.0 Å². The Morgan fingerprint density at radius 2 is 2.04 bits per heavy atom. The highest BCUT2D eigenvalue weighted by Gasteiger charge is 2.20. The molecule has 0 aliphatic rings. The van der Waals surface area contributed by atoms with Gasteiger partial charge in [0.2, 0.25) is 0 Å². The number of hydrogen-bond acceptors (Lipinski definition) is 4. The van der Waals surface area contributed by atoms with E-state index in [1.54, 1.807) is 29.8 Å². The monoisotopic (exact) mass is 360 g/mol. The Balaban J connectivity index is 2.28. The summed E-state index contributed by atoms with van der Waals surface area (Å²) >= 11 is 6.05.